The first kappa shape index (κ1) is 22.6. The van der Waals surface area contributed by atoms with Crippen LogP contribution in [0.15, 0.2) is 22.5 Å². The molecule has 2 aromatic rings. The predicted molar refractivity (Wildman–Crippen MR) is 110 cm³/mol. The summed E-state index contributed by atoms with van der Waals surface area (Å²) in [7, 11) is 1.19. The molecule has 2 amide bonds. The zero-order valence-corrected chi connectivity index (χ0v) is 17.8. The number of rotatable bonds is 9. The fourth-order valence-corrected chi connectivity index (χ4v) is 4.33. The molecule has 2 N–H and O–H groups in total. The highest BCUT2D eigenvalue weighted by atomic mass is 32.2. The van der Waals surface area contributed by atoms with E-state index in [0.717, 1.165) is 14.6 Å². The molecule has 0 bridgehead atoms. The van der Waals surface area contributed by atoms with E-state index in [4.69, 9.17) is 4.74 Å². The Bertz CT molecular complexity index is 914. The van der Waals surface area contributed by atoms with Gasteiger partial charge in [-0.1, -0.05) is 11.8 Å². The molecule has 0 radical (unpaired) electrons. The maximum atomic E-state index is 12.3. The van der Waals surface area contributed by atoms with E-state index in [1.807, 2.05) is 0 Å². The van der Waals surface area contributed by atoms with Gasteiger partial charge in [-0.25, -0.2) is 9.78 Å². The number of ether oxygens (including phenoxy) is 2. The van der Waals surface area contributed by atoms with Crippen LogP contribution in [0.3, 0.4) is 0 Å². The van der Waals surface area contributed by atoms with Gasteiger partial charge in [-0.05, 0) is 18.2 Å². The number of thiazole rings is 1. The third-order valence-corrected chi connectivity index (χ3v) is 5.64. The van der Waals surface area contributed by atoms with Gasteiger partial charge in [0.05, 0.1) is 23.7 Å². The molecule has 1 atom stereocenters. The number of amides is 2. The van der Waals surface area contributed by atoms with E-state index in [1.54, 1.807) is 18.2 Å². The molecule has 0 fully saturated rings. The first-order valence-corrected chi connectivity index (χ1v) is 10.4. The van der Waals surface area contributed by atoms with Crippen molar-refractivity contribution >= 4 is 62.8 Å². The normalized spacial score (nSPS) is 11.6. The van der Waals surface area contributed by atoms with E-state index in [9.17, 15) is 19.2 Å². The number of methoxy groups -OCH3 is 1. The minimum atomic E-state index is -1.05. The Balaban J connectivity index is 1.98. The minimum absolute atomic E-state index is 0.246. The maximum absolute atomic E-state index is 12.3. The molecule has 1 aromatic heterocycles. The first-order chi connectivity index (χ1) is 13.8. The van der Waals surface area contributed by atoms with Crippen molar-refractivity contribution in [2.75, 3.05) is 24.8 Å². The molecule has 0 spiro atoms. The smallest absolute Gasteiger partial charge is 0.328 e. The monoisotopic (exact) mass is 439 g/mol. The molecule has 2 rings (SSSR count). The van der Waals surface area contributed by atoms with Gasteiger partial charge in [0.15, 0.2) is 4.34 Å². The lowest BCUT2D eigenvalue weighted by Gasteiger charge is -2.15. The first-order valence-electron chi connectivity index (χ1n) is 8.60. The van der Waals surface area contributed by atoms with Crippen LogP contribution in [-0.2, 0) is 28.7 Å². The van der Waals surface area contributed by atoms with Crippen LogP contribution < -0.4 is 10.6 Å². The molecule has 1 unspecified atom stereocenters. The molecule has 1 aromatic carbocycles. The highest BCUT2D eigenvalue weighted by Crippen LogP contribution is 2.31. The number of anilines is 1. The van der Waals surface area contributed by atoms with Crippen LogP contribution in [0.5, 0.6) is 0 Å². The number of carbonyl (C=O) groups excluding carboxylic acids is 4. The van der Waals surface area contributed by atoms with Gasteiger partial charge in [-0.3, -0.25) is 14.4 Å². The van der Waals surface area contributed by atoms with Crippen LogP contribution in [0.2, 0.25) is 0 Å². The second-order valence-corrected chi connectivity index (χ2v) is 8.25. The molecule has 11 heteroatoms. The van der Waals surface area contributed by atoms with Crippen molar-refractivity contribution in [2.24, 2.45) is 0 Å². The summed E-state index contributed by atoms with van der Waals surface area (Å²) >= 11 is 2.94. The van der Waals surface area contributed by atoms with Crippen LogP contribution in [0.25, 0.3) is 10.2 Å². The number of esters is 2. The second kappa shape index (κ2) is 10.8. The lowest BCUT2D eigenvalue weighted by molar-refractivity contribution is -0.146. The van der Waals surface area contributed by atoms with Gasteiger partial charge in [-0.15, -0.1) is 11.3 Å². The Morgan fingerprint density at radius 2 is 2.00 bits per heavy atom. The largest absolute Gasteiger partial charge is 0.467 e. The Labute approximate surface area is 175 Å². The molecule has 0 saturated heterocycles. The summed E-state index contributed by atoms with van der Waals surface area (Å²) in [6.07, 6.45) is -0.246. The van der Waals surface area contributed by atoms with Crippen molar-refractivity contribution in [3.05, 3.63) is 18.2 Å². The summed E-state index contributed by atoms with van der Waals surface area (Å²) in [6, 6.07) is 4.22. The number of aromatic nitrogens is 1. The SMILES string of the molecule is COC(=O)C(CC(=O)Nc1ccc2nc(SCCOC(C)=O)sc2c1)NC(C)=O. The van der Waals surface area contributed by atoms with Crippen LogP contribution in [0, 0.1) is 0 Å². The number of hydrogen-bond donors (Lipinski definition) is 2. The third kappa shape index (κ3) is 7.35. The minimum Gasteiger partial charge on any atom is -0.467 e. The van der Waals surface area contributed by atoms with Gasteiger partial charge in [0, 0.05) is 25.3 Å². The number of nitrogens with one attached hydrogen (secondary N) is 2. The molecular weight excluding hydrogens is 418 g/mol. The van der Waals surface area contributed by atoms with E-state index < -0.39 is 23.8 Å². The van der Waals surface area contributed by atoms with Crippen LogP contribution in [0.1, 0.15) is 20.3 Å². The molecule has 1 heterocycles. The van der Waals surface area contributed by atoms with E-state index in [2.05, 4.69) is 20.4 Å². The van der Waals surface area contributed by atoms with Crippen molar-refractivity contribution in [2.45, 2.75) is 30.6 Å². The fraction of sp³-hybridized carbons (Fsp3) is 0.389. The van der Waals surface area contributed by atoms with Crippen molar-refractivity contribution in [3.8, 4) is 0 Å². The summed E-state index contributed by atoms with van der Waals surface area (Å²) in [5.74, 6) is -1.28. The number of benzene rings is 1. The second-order valence-electron chi connectivity index (χ2n) is 5.88. The van der Waals surface area contributed by atoms with Crippen LogP contribution >= 0.6 is 23.1 Å². The molecule has 0 saturated carbocycles. The van der Waals surface area contributed by atoms with Gasteiger partial charge in [0.1, 0.15) is 12.6 Å². The van der Waals surface area contributed by atoms with Crippen molar-refractivity contribution in [3.63, 3.8) is 0 Å². The van der Waals surface area contributed by atoms with Gasteiger partial charge < -0.3 is 20.1 Å². The van der Waals surface area contributed by atoms with Gasteiger partial charge in [0.25, 0.3) is 0 Å². The van der Waals surface area contributed by atoms with E-state index in [1.165, 1.54) is 44.1 Å². The Hall–Kier alpha value is -2.66. The summed E-state index contributed by atoms with van der Waals surface area (Å²) in [6.45, 7) is 2.93. The maximum Gasteiger partial charge on any atom is 0.328 e. The van der Waals surface area contributed by atoms with Crippen molar-refractivity contribution < 1.29 is 28.7 Å². The number of thioether (sulfide) groups is 1. The standard InChI is InChI=1S/C18H21N3O6S2/c1-10(22)19-14(17(25)26-3)9-16(24)20-12-4-5-13-15(8-12)29-18(21-13)28-7-6-27-11(2)23/h4-5,8,14H,6-7,9H2,1-3H3,(H,19,22)(H,20,24). The average molecular weight is 440 g/mol. The molecule has 0 aliphatic rings. The Morgan fingerprint density at radius 3 is 2.66 bits per heavy atom. The summed E-state index contributed by atoms with van der Waals surface area (Å²) in [5, 5.41) is 5.10. The molecule has 0 aliphatic heterocycles. The fourth-order valence-electron chi connectivity index (χ4n) is 2.34. The predicted octanol–water partition coefficient (Wildman–Crippen LogP) is 1.96. The number of fused-ring (bicyclic) bond motifs is 1. The van der Waals surface area contributed by atoms with Gasteiger partial charge in [-0.2, -0.15) is 0 Å². The molecule has 156 valence electrons. The molecular formula is C18H21N3O6S2. The zero-order valence-electron chi connectivity index (χ0n) is 16.1. The number of hydrogen-bond acceptors (Lipinski definition) is 9. The average Bonchev–Trinajstić information content (AvgIpc) is 3.05. The Morgan fingerprint density at radius 1 is 1.24 bits per heavy atom. The summed E-state index contributed by atoms with van der Waals surface area (Å²) in [4.78, 5) is 50.4. The summed E-state index contributed by atoms with van der Waals surface area (Å²) in [5.41, 5.74) is 1.34. The highest BCUT2D eigenvalue weighted by Gasteiger charge is 2.23. The molecule has 9 nitrogen and oxygen atoms in total. The topological polar surface area (TPSA) is 124 Å². The van der Waals surface area contributed by atoms with Gasteiger partial charge >= 0.3 is 11.9 Å². The number of carbonyl (C=O) groups is 4. The highest BCUT2D eigenvalue weighted by molar-refractivity contribution is 8.01. The lowest BCUT2D eigenvalue weighted by Crippen LogP contribution is -2.42. The molecule has 0 aliphatic carbocycles. The van der Waals surface area contributed by atoms with E-state index >= 15 is 0 Å². The quantitative estimate of drug-likeness (QED) is 0.345. The van der Waals surface area contributed by atoms with Crippen LogP contribution in [-0.4, -0.2) is 54.2 Å². The lowest BCUT2D eigenvalue weighted by atomic mass is 10.2. The third-order valence-electron chi connectivity index (χ3n) is 3.52. The van der Waals surface area contributed by atoms with E-state index in [-0.39, 0.29) is 12.4 Å². The van der Waals surface area contributed by atoms with Gasteiger partial charge in [0.2, 0.25) is 11.8 Å². The van der Waals surface area contributed by atoms with E-state index in [0.29, 0.717) is 18.0 Å². The Kier molecular flexibility index (Phi) is 8.40. The van der Waals surface area contributed by atoms with Crippen molar-refractivity contribution in [1.29, 1.82) is 0 Å². The summed E-state index contributed by atoms with van der Waals surface area (Å²) < 4.78 is 11.2. The molecule has 29 heavy (non-hydrogen) atoms. The zero-order chi connectivity index (χ0) is 21.4. The van der Waals surface area contributed by atoms with Crippen LogP contribution in [0.4, 0.5) is 5.69 Å². The van der Waals surface area contributed by atoms with Crippen molar-refractivity contribution in [1.82, 2.24) is 10.3 Å². The number of nitrogens with zero attached hydrogens (tertiary/aromatic N) is 1.